The highest BCUT2D eigenvalue weighted by atomic mass is 32.3. The van der Waals surface area contributed by atoms with E-state index in [1.165, 1.54) is 39.1 Å². The first kappa shape index (κ1) is 49.8. The average Bonchev–Trinajstić information content (AvgIpc) is 3.03. The smallest absolute Gasteiger partial charge is 0.421 e. The van der Waals surface area contributed by atoms with Crippen LogP contribution in [0.2, 0.25) is 0 Å². The molecule has 0 radical (unpaired) electrons. The molecule has 0 fully saturated rings. The lowest BCUT2D eigenvalue weighted by Crippen LogP contribution is -2.33. The molecule has 0 spiro atoms. The average molecular weight is 927 g/mol. The number of hydrogen-bond acceptors (Lipinski definition) is 8. The minimum atomic E-state index is -6.72. The van der Waals surface area contributed by atoms with Crippen molar-refractivity contribution in [1.29, 1.82) is 0 Å². The fraction of sp³-hybridized carbons (Fsp3) is 0.267. The van der Waals surface area contributed by atoms with Gasteiger partial charge in [-0.2, -0.15) is 57.3 Å². The Morgan fingerprint density at radius 3 is 1.10 bits per heavy atom. The standard InChI is InChI=1S/C26H26N2.2C2F6NO4S2/c1-20-17-21(2)26(22(3)18-20)28-15-11-25(12-16-28)24-9-13-27(14-10-24)19-23-7-5-4-6-8-23;2*3-1(4,5)14(10,11)9-15(12,13)2(6,7)8/h4-18H,19H2,1-3H3;;/q+2;2*-1. The van der Waals surface area contributed by atoms with Gasteiger partial charge < -0.3 is 8.25 Å². The number of benzene rings is 2. The van der Waals surface area contributed by atoms with Gasteiger partial charge in [0.1, 0.15) is 0 Å². The molecule has 2 aromatic heterocycles. The lowest BCUT2D eigenvalue weighted by Gasteiger charge is -2.22. The van der Waals surface area contributed by atoms with Crippen molar-refractivity contribution in [3.8, 4) is 16.8 Å². The van der Waals surface area contributed by atoms with Gasteiger partial charge in [0.2, 0.25) is 5.69 Å². The van der Waals surface area contributed by atoms with Crippen molar-refractivity contribution in [3.63, 3.8) is 0 Å². The lowest BCUT2D eigenvalue weighted by atomic mass is 10.0. The summed E-state index contributed by atoms with van der Waals surface area (Å²) in [7, 11) is -26.9. The zero-order valence-corrected chi connectivity index (χ0v) is 32.4. The molecule has 0 amide bonds. The maximum atomic E-state index is 11.4. The number of rotatable bonds is 8. The minimum Gasteiger partial charge on any atom is -0.421 e. The molecule has 0 N–H and O–H groups in total. The van der Waals surface area contributed by atoms with Gasteiger partial charge in [-0.25, -0.2) is 38.2 Å². The summed E-state index contributed by atoms with van der Waals surface area (Å²) in [5.74, 6) is 0. The van der Waals surface area contributed by atoms with E-state index >= 15 is 0 Å². The van der Waals surface area contributed by atoms with Crippen LogP contribution in [0.5, 0.6) is 0 Å². The molecule has 2 heterocycles. The summed E-state index contributed by atoms with van der Waals surface area (Å²) in [6, 6.07) is 23.8. The molecular weight excluding hydrogens is 901 g/mol. The summed E-state index contributed by atoms with van der Waals surface area (Å²) < 4.78 is 223. The molecule has 4 aromatic rings. The van der Waals surface area contributed by atoms with Crippen LogP contribution in [0.4, 0.5) is 52.7 Å². The molecule has 2 aromatic carbocycles. The maximum Gasteiger partial charge on any atom is 0.480 e. The highest BCUT2D eigenvalue weighted by molar-refractivity contribution is 8.13. The Morgan fingerprint density at radius 1 is 0.483 bits per heavy atom. The third kappa shape index (κ3) is 13.3. The molecule has 12 nitrogen and oxygen atoms in total. The van der Waals surface area contributed by atoms with Crippen LogP contribution in [0.25, 0.3) is 25.1 Å². The Kier molecular flexibility index (Phi) is 15.3. The topological polar surface area (TPSA) is 173 Å². The first-order valence-electron chi connectivity index (χ1n) is 14.9. The number of alkyl halides is 12. The molecule has 0 saturated carbocycles. The molecule has 4 rings (SSSR count). The van der Waals surface area contributed by atoms with E-state index in [-0.39, 0.29) is 0 Å². The molecule has 28 heteroatoms. The number of sulfonamides is 4. The molecule has 58 heavy (non-hydrogen) atoms. The third-order valence-electron chi connectivity index (χ3n) is 6.72. The number of nitrogens with zero attached hydrogens (tertiary/aromatic N) is 4. The van der Waals surface area contributed by atoms with E-state index < -0.39 is 62.1 Å². The van der Waals surface area contributed by atoms with E-state index in [9.17, 15) is 86.4 Å². The zero-order valence-electron chi connectivity index (χ0n) is 29.1. The summed E-state index contributed by atoms with van der Waals surface area (Å²) in [6.45, 7) is 7.40. The molecule has 0 atom stereocenters. The predicted octanol–water partition coefficient (Wildman–Crippen LogP) is 7.01. The van der Waals surface area contributed by atoms with Gasteiger partial charge in [0.05, 0.1) is 0 Å². The first-order valence-corrected chi connectivity index (χ1v) is 20.6. The van der Waals surface area contributed by atoms with Crippen LogP contribution in [0.3, 0.4) is 0 Å². The largest absolute Gasteiger partial charge is 0.480 e. The number of hydrogen-bond donors (Lipinski definition) is 0. The monoisotopic (exact) mass is 926 g/mol. The molecule has 0 saturated heterocycles. The zero-order chi connectivity index (χ0) is 44.9. The molecule has 0 unspecified atom stereocenters. The van der Waals surface area contributed by atoms with Crippen molar-refractivity contribution in [2.75, 3.05) is 0 Å². The van der Waals surface area contributed by atoms with E-state index in [4.69, 9.17) is 0 Å². The summed E-state index contributed by atoms with van der Waals surface area (Å²) in [6.07, 6.45) is 8.62. The Morgan fingerprint density at radius 2 is 0.793 bits per heavy atom. The van der Waals surface area contributed by atoms with Crippen molar-refractivity contribution in [3.05, 3.63) is 122 Å². The summed E-state index contributed by atoms with van der Waals surface area (Å²) >= 11 is 0. The van der Waals surface area contributed by atoms with E-state index in [1.54, 1.807) is 0 Å². The fourth-order valence-electron chi connectivity index (χ4n) is 4.32. The highest BCUT2D eigenvalue weighted by Gasteiger charge is 2.48. The van der Waals surface area contributed by atoms with Crippen molar-refractivity contribution in [1.82, 2.24) is 0 Å². The van der Waals surface area contributed by atoms with Crippen molar-refractivity contribution in [2.45, 2.75) is 49.3 Å². The van der Waals surface area contributed by atoms with Gasteiger partial charge in [-0.1, -0.05) is 35.9 Å². The van der Waals surface area contributed by atoms with Gasteiger partial charge in [-0.15, -0.1) is 0 Å². The Balaban J connectivity index is 0.000000331. The highest BCUT2D eigenvalue weighted by Crippen LogP contribution is 2.37. The van der Waals surface area contributed by atoms with Crippen LogP contribution in [0.15, 0.2) is 91.5 Å². The molecule has 0 aliphatic carbocycles. The van der Waals surface area contributed by atoms with Crippen molar-refractivity contribution < 1.29 is 95.5 Å². The van der Waals surface area contributed by atoms with Gasteiger partial charge in [-0.3, -0.25) is 0 Å². The van der Waals surface area contributed by atoms with E-state index in [2.05, 4.69) is 121 Å². The van der Waals surface area contributed by atoms with E-state index in [1.807, 2.05) is 0 Å². The second kappa shape index (κ2) is 17.9. The minimum absolute atomic E-state index is 0.778. The van der Waals surface area contributed by atoms with E-state index in [0.29, 0.717) is 0 Å². The second-order valence-corrected chi connectivity index (χ2v) is 18.2. The van der Waals surface area contributed by atoms with Gasteiger partial charge >= 0.3 is 22.0 Å². The normalized spacial score (nSPS) is 13.2. The van der Waals surface area contributed by atoms with Crippen molar-refractivity contribution in [2.24, 2.45) is 0 Å². The van der Waals surface area contributed by atoms with Gasteiger partial charge in [0, 0.05) is 41.0 Å². The Hall–Kier alpha value is -4.38. The quantitative estimate of drug-likeness (QED) is 0.134. The van der Waals surface area contributed by atoms with Crippen LogP contribution in [0.1, 0.15) is 22.3 Å². The van der Waals surface area contributed by atoms with Crippen LogP contribution in [0, 0.1) is 20.8 Å². The lowest BCUT2D eigenvalue weighted by molar-refractivity contribution is -0.688. The Bertz CT molecular complexity index is 2300. The molecule has 0 aliphatic heterocycles. The fourth-order valence-corrected chi connectivity index (χ4v) is 7.74. The second-order valence-electron chi connectivity index (χ2n) is 11.3. The van der Waals surface area contributed by atoms with E-state index in [0.717, 1.165) is 14.8 Å². The number of pyridine rings is 2. The van der Waals surface area contributed by atoms with Crippen LogP contribution < -0.4 is 9.13 Å². The predicted molar refractivity (Wildman–Crippen MR) is 180 cm³/mol. The van der Waals surface area contributed by atoms with Gasteiger partial charge in [0.25, 0.3) is 0 Å². The molecular formula is C30H26F12N4O8S4. The van der Waals surface area contributed by atoms with Crippen LogP contribution in [-0.4, -0.2) is 55.7 Å². The van der Waals surface area contributed by atoms with Crippen molar-refractivity contribution >= 4 is 40.1 Å². The molecule has 0 aliphatic rings. The summed E-state index contributed by atoms with van der Waals surface area (Å²) in [5.41, 5.74) is -15.9. The Labute approximate surface area is 323 Å². The molecule has 0 bridgehead atoms. The summed E-state index contributed by atoms with van der Waals surface area (Å²) in [4.78, 5) is 0. The van der Waals surface area contributed by atoms with Crippen LogP contribution >= 0.6 is 0 Å². The summed E-state index contributed by atoms with van der Waals surface area (Å²) in [5, 5.41) is 0. The van der Waals surface area contributed by atoms with Crippen LogP contribution in [-0.2, 0) is 46.6 Å². The van der Waals surface area contributed by atoms with Gasteiger partial charge in [0.15, 0.2) is 71.4 Å². The third-order valence-corrected chi connectivity index (χ3v) is 12.2. The SMILES string of the molecule is Cc1cc(C)c(-[n+]2ccc(-c3cc[n+](Cc4ccccc4)cc3)cc2)c(C)c1.O=S(=O)([N-]S(=O)(=O)C(F)(F)F)C(F)(F)F.O=S(=O)([N-]S(=O)(=O)C(F)(F)F)C(F)(F)F. The maximum absolute atomic E-state index is 11.4. The number of halogens is 12. The first-order chi connectivity index (χ1) is 26.0. The van der Waals surface area contributed by atoms with Gasteiger partial charge in [-0.05, 0) is 44.0 Å². The molecule has 322 valence electrons. The number of aryl methyl sites for hydroxylation is 3. The number of aromatic nitrogens is 2.